The zero-order valence-corrected chi connectivity index (χ0v) is 15.9. The number of nitrogens with one attached hydrogen (secondary N) is 2. The zero-order chi connectivity index (χ0) is 19.7. The van der Waals surface area contributed by atoms with Crippen molar-refractivity contribution in [3.05, 3.63) is 24.3 Å². The fourth-order valence-corrected chi connectivity index (χ4v) is 3.77. The molecule has 4 rings (SSSR count). The Kier molecular flexibility index (Phi) is 4.97. The van der Waals surface area contributed by atoms with Crippen molar-refractivity contribution >= 4 is 23.5 Å². The first-order valence-corrected chi connectivity index (χ1v) is 9.74. The van der Waals surface area contributed by atoms with Gasteiger partial charge in [-0.1, -0.05) is 6.07 Å². The summed E-state index contributed by atoms with van der Waals surface area (Å²) in [6, 6.07) is 6.52. The maximum atomic E-state index is 12.6. The van der Waals surface area contributed by atoms with Gasteiger partial charge >= 0.3 is 6.03 Å². The van der Waals surface area contributed by atoms with Crippen molar-refractivity contribution in [2.45, 2.75) is 44.2 Å². The molecule has 4 amide bonds. The first kappa shape index (κ1) is 18.7. The van der Waals surface area contributed by atoms with Crippen LogP contribution < -0.4 is 15.4 Å². The fraction of sp³-hybridized carbons (Fsp3) is 0.550. The van der Waals surface area contributed by atoms with Gasteiger partial charge in [-0.2, -0.15) is 0 Å². The van der Waals surface area contributed by atoms with E-state index in [1.54, 1.807) is 25.1 Å². The first-order chi connectivity index (χ1) is 13.5. The van der Waals surface area contributed by atoms with Gasteiger partial charge < -0.3 is 20.1 Å². The van der Waals surface area contributed by atoms with E-state index in [4.69, 9.17) is 9.47 Å². The Morgan fingerprint density at radius 1 is 1.36 bits per heavy atom. The second-order valence-corrected chi connectivity index (χ2v) is 7.82. The molecule has 2 saturated heterocycles. The number of carbonyl (C=O) groups excluding carboxylic acids is 3. The van der Waals surface area contributed by atoms with Crippen LogP contribution in [0.5, 0.6) is 5.75 Å². The van der Waals surface area contributed by atoms with Gasteiger partial charge in [0.25, 0.3) is 5.91 Å². The molecule has 8 heteroatoms. The van der Waals surface area contributed by atoms with E-state index in [1.165, 1.54) is 0 Å². The quantitative estimate of drug-likeness (QED) is 0.697. The predicted octanol–water partition coefficient (Wildman–Crippen LogP) is 1.90. The predicted molar refractivity (Wildman–Crippen MR) is 101 cm³/mol. The lowest BCUT2D eigenvalue weighted by Gasteiger charge is -2.20. The fourth-order valence-electron chi connectivity index (χ4n) is 3.77. The molecule has 8 nitrogen and oxygen atoms in total. The molecule has 1 aromatic carbocycles. The second kappa shape index (κ2) is 7.43. The Hall–Kier alpha value is -2.61. The Morgan fingerprint density at radius 2 is 2.18 bits per heavy atom. The molecule has 1 aromatic rings. The van der Waals surface area contributed by atoms with E-state index in [2.05, 4.69) is 10.6 Å². The van der Waals surface area contributed by atoms with E-state index in [-0.39, 0.29) is 24.5 Å². The number of carbonyl (C=O) groups is 3. The lowest BCUT2D eigenvalue weighted by atomic mass is 9.96. The van der Waals surface area contributed by atoms with Gasteiger partial charge in [-0.05, 0) is 50.7 Å². The van der Waals surface area contributed by atoms with Gasteiger partial charge in [-0.3, -0.25) is 14.5 Å². The number of urea groups is 1. The van der Waals surface area contributed by atoms with Crippen molar-refractivity contribution in [1.29, 1.82) is 0 Å². The number of nitrogens with zero attached hydrogens (tertiary/aromatic N) is 1. The zero-order valence-electron chi connectivity index (χ0n) is 15.9. The number of ether oxygens (including phenoxy) is 2. The van der Waals surface area contributed by atoms with Crippen LogP contribution in [0.3, 0.4) is 0 Å². The molecule has 3 aliphatic rings. The molecule has 2 atom stereocenters. The van der Waals surface area contributed by atoms with E-state index in [0.717, 1.165) is 37.2 Å². The molecule has 2 aliphatic heterocycles. The number of hydrogen-bond donors (Lipinski definition) is 2. The summed E-state index contributed by atoms with van der Waals surface area (Å²) in [6.45, 7) is 2.66. The Morgan fingerprint density at radius 3 is 2.89 bits per heavy atom. The number of anilines is 1. The van der Waals surface area contributed by atoms with E-state index in [0.29, 0.717) is 18.0 Å². The molecule has 3 fully saturated rings. The van der Waals surface area contributed by atoms with E-state index >= 15 is 0 Å². The van der Waals surface area contributed by atoms with Crippen LogP contribution in [0.1, 0.15) is 32.6 Å². The summed E-state index contributed by atoms with van der Waals surface area (Å²) in [5.41, 5.74) is -0.334. The highest BCUT2D eigenvalue weighted by Gasteiger charge is 2.56. The van der Waals surface area contributed by atoms with E-state index < -0.39 is 17.5 Å². The van der Waals surface area contributed by atoms with Gasteiger partial charge in [0, 0.05) is 18.4 Å². The van der Waals surface area contributed by atoms with Gasteiger partial charge in [0.2, 0.25) is 5.91 Å². The molecule has 2 unspecified atom stereocenters. The summed E-state index contributed by atoms with van der Waals surface area (Å²) in [5, 5.41) is 5.47. The first-order valence-electron chi connectivity index (χ1n) is 9.74. The molecule has 2 heterocycles. The monoisotopic (exact) mass is 387 g/mol. The smallest absolute Gasteiger partial charge is 0.325 e. The Bertz CT molecular complexity index is 788. The number of amides is 4. The summed E-state index contributed by atoms with van der Waals surface area (Å²) >= 11 is 0. The van der Waals surface area contributed by atoms with Crippen molar-refractivity contribution in [2.75, 3.05) is 25.1 Å². The highest BCUT2D eigenvalue weighted by atomic mass is 16.5. The number of rotatable bonds is 7. The average molecular weight is 387 g/mol. The third-order valence-corrected chi connectivity index (χ3v) is 5.57. The molecular weight excluding hydrogens is 362 g/mol. The minimum Gasteiger partial charge on any atom is -0.491 e. The highest BCUT2D eigenvalue weighted by Crippen LogP contribution is 2.42. The van der Waals surface area contributed by atoms with Crippen LogP contribution in [0.15, 0.2) is 24.3 Å². The van der Waals surface area contributed by atoms with Crippen molar-refractivity contribution in [3.63, 3.8) is 0 Å². The van der Waals surface area contributed by atoms with Gasteiger partial charge in [0.05, 0.1) is 6.10 Å². The number of hydrogen-bond acceptors (Lipinski definition) is 5. The van der Waals surface area contributed by atoms with Crippen LogP contribution in [-0.2, 0) is 14.3 Å². The van der Waals surface area contributed by atoms with E-state index in [1.807, 2.05) is 6.07 Å². The largest absolute Gasteiger partial charge is 0.491 e. The minimum atomic E-state index is -0.882. The third kappa shape index (κ3) is 3.82. The minimum absolute atomic E-state index is 0.110. The summed E-state index contributed by atoms with van der Waals surface area (Å²) in [7, 11) is 0. The average Bonchev–Trinajstić information content (AvgIpc) is 3.36. The molecule has 2 N–H and O–H groups in total. The van der Waals surface area contributed by atoms with Crippen LogP contribution >= 0.6 is 0 Å². The van der Waals surface area contributed by atoms with Gasteiger partial charge in [0.15, 0.2) is 0 Å². The van der Waals surface area contributed by atoms with Gasteiger partial charge in [0.1, 0.15) is 24.4 Å². The molecular formula is C20H25N3O5. The molecule has 1 saturated carbocycles. The normalized spacial score (nSPS) is 27.0. The number of benzene rings is 1. The van der Waals surface area contributed by atoms with Crippen molar-refractivity contribution in [1.82, 2.24) is 10.2 Å². The Labute approximate surface area is 163 Å². The molecule has 0 radical (unpaired) electrons. The molecule has 0 aromatic heterocycles. The van der Waals surface area contributed by atoms with Crippen LogP contribution in [0.2, 0.25) is 0 Å². The van der Waals surface area contributed by atoms with Crippen molar-refractivity contribution in [2.24, 2.45) is 5.92 Å². The molecule has 0 spiro atoms. The molecule has 1 aliphatic carbocycles. The maximum absolute atomic E-state index is 12.6. The topological polar surface area (TPSA) is 97.0 Å². The van der Waals surface area contributed by atoms with Crippen molar-refractivity contribution in [3.8, 4) is 5.75 Å². The van der Waals surface area contributed by atoms with Crippen LogP contribution in [0, 0.1) is 5.92 Å². The Balaban J connectivity index is 1.33. The van der Waals surface area contributed by atoms with Gasteiger partial charge in [-0.15, -0.1) is 0 Å². The lowest BCUT2D eigenvalue weighted by Crippen LogP contribution is -2.46. The van der Waals surface area contributed by atoms with Crippen molar-refractivity contribution < 1.29 is 23.9 Å². The molecule has 150 valence electrons. The van der Waals surface area contributed by atoms with Gasteiger partial charge in [-0.25, -0.2) is 4.79 Å². The highest BCUT2D eigenvalue weighted by molar-refractivity contribution is 6.10. The standard InChI is InChI=1S/C20H25N3O5/c1-20(13-7-8-13)18(25)23(19(26)22-20)11-17(24)21-14-4-2-5-15(10-14)28-12-16-6-3-9-27-16/h2,4-5,10,13,16H,3,6-9,11-12H2,1H3,(H,21,24)(H,22,26). The molecule has 0 bridgehead atoms. The number of imide groups is 1. The summed E-state index contributed by atoms with van der Waals surface area (Å²) in [5.74, 6) is 0.0305. The van der Waals surface area contributed by atoms with Crippen LogP contribution in [0.25, 0.3) is 0 Å². The molecule has 28 heavy (non-hydrogen) atoms. The summed E-state index contributed by atoms with van der Waals surface area (Å²) in [4.78, 5) is 38.2. The van der Waals surface area contributed by atoms with Crippen LogP contribution in [-0.4, -0.2) is 54.1 Å². The summed E-state index contributed by atoms with van der Waals surface area (Å²) < 4.78 is 11.3. The lowest BCUT2D eigenvalue weighted by molar-refractivity contribution is -0.134. The SMILES string of the molecule is CC1(C2CC2)NC(=O)N(CC(=O)Nc2cccc(OCC3CCCO3)c2)C1=O. The second-order valence-electron chi connectivity index (χ2n) is 7.82. The van der Waals surface area contributed by atoms with Crippen LogP contribution in [0.4, 0.5) is 10.5 Å². The maximum Gasteiger partial charge on any atom is 0.325 e. The summed E-state index contributed by atoms with van der Waals surface area (Å²) in [6.07, 6.45) is 3.98. The van der Waals surface area contributed by atoms with E-state index in [9.17, 15) is 14.4 Å². The third-order valence-electron chi connectivity index (χ3n) is 5.57.